The summed E-state index contributed by atoms with van der Waals surface area (Å²) < 4.78 is 13.4. The summed E-state index contributed by atoms with van der Waals surface area (Å²) in [4.78, 5) is 8.39. The van der Waals surface area contributed by atoms with Crippen LogP contribution >= 0.6 is 19.3 Å². The summed E-state index contributed by atoms with van der Waals surface area (Å²) in [5, 5.41) is 16.0. The van der Waals surface area contributed by atoms with Gasteiger partial charge in [-0.25, -0.2) is 9.36 Å². The number of pyridine rings is 2. The third-order valence-corrected chi connectivity index (χ3v) is 3.98. The molecular weight excluding hydrogens is 645 g/mol. The minimum atomic E-state index is -0.639. The zero-order valence-electron chi connectivity index (χ0n) is 18.1. The van der Waals surface area contributed by atoms with Gasteiger partial charge in [0.1, 0.15) is 11.4 Å². The number of nitrogens with zero attached hydrogens (tertiary/aromatic N) is 8. The monoisotopic (exact) mass is 670 g/mol. The van der Waals surface area contributed by atoms with E-state index in [-0.39, 0.29) is 0 Å². The van der Waals surface area contributed by atoms with E-state index in [2.05, 4.69) is 30.6 Å². The minimum absolute atomic E-state index is 0.630. The van der Waals surface area contributed by atoms with Crippen LogP contribution in [0.15, 0.2) is 61.2 Å². The van der Waals surface area contributed by atoms with Crippen molar-refractivity contribution in [2.75, 3.05) is 27.4 Å². The molecule has 4 aromatic heterocycles. The molecule has 178 valence electrons. The van der Waals surface area contributed by atoms with Crippen molar-refractivity contribution in [2.45, 2.75) is 13.1 Å². The third kappa shape index (κ3) is 10.0. The molecular formula is C20H24Cl2N8O2Os. The van der Waals surface area contributed by atoms with Crippen LogP contribution < -0.4 is 0 Å². The van der Waals surface area contributed by atoms with Crippen LogP contribution in [0.25, 0.3) is 22.8 Å². The number of hydrogen-bond acceptors (Lipinski definition) is 8. The van der Waals surface area contributed by atoms with E-state index in [1.807, 2.05) is 48.8 Å². The van der Waals surface area contributed by atoms with Crippen molar-refractivity contribution in [2.24, 2.45) is 0 Å². The zero-order chi connectivity index (χ0) is 23.7. The SMILES string of the molecule is COCCn1cc(-c2ccccn2)nn1.COCCn1cc(-c2ccccn2)nn1.[Cl][Os][Cl]. The summed E-state index contributed by atoms with van der Waals surface area (Å²) in [5.41, 5.74) is 3.24. The van der Waals surface area contributed by atoms with Crippen LogP contribution in [0.1, 0.15) is 0 Å². The first-order chi connectivity index (χ1) is 16.2. The van der Waals surface area contributed by atoms with E-state index in [0.717, 1.165) is 22.8 Å². The van der Waals surface area contributed by atoms with Crippen LogP contribution in [0.2, 0.25) is 0 Å². The van der Waals surface area contributed by atoms with Crippen molar-refractivity contribution in [3.63, 3.8) is 0 Å². The second-order valence-electron chi connectivity index (χ2n) is 6.20. The van der Waals surface area contributed by atoms with Gasteiger partial charge in [0.25, 0.3) is 0 Å². The molecule has 0 atom stereocenters. The maximum atomic E-state index is 4.96. The molecule has 0 saturated heterocycles. The van der Waals surface area contributed by atoms with Gasteiger partial charge in [-0.15, -0.1) is 10.2 Å². The Hall–Kier alpha value is -2.28. The quantitative estimate of drug-likeness (QED) is 0.282. The first kappa shape index (κ1) is 27.0. The summed E-state index contributed by atoms with van der Waals surface area (Å²) in [7, 11) is 13.1. The molecule has 0 aliphatic rings. The number of halogens is 2. The van der Waals surface area contributed by atoms with Gasteiger partial charge >= 0.3 is 34.7 Å². The number of methoxy groups -OCH3 is 2. The van der Waals surface area contributed by atoms with Crippen LogP contribution in [-0.2, 0) is 38.0 Å². The predicted molar refractivity (Wildman–Crippen MR) is 122 cm³/mol. The summed E-state index contributed by atoms with van der Waals surface area (Å²) in [5.74, 6) is 0. The van der Waals surface area contributed by atoms with Crippen LogP contribution in [0.4, 0.5) is 0 Å². The molecule has 0 bridgehead atoms. The Balaban J connectivity index is 0.000000209. The van der Waals surface area contributed by atoms with Crippen molar-refractivity contribution in [3.8, 4) is 22.8 Å². The van der Waals surface area contributed by atoms with Gasteiger partial charge in [0.05, 0.1) is 50.1 Å². The van der Waals surface area contributed by atoms with Gasteiger partial charge in [0.15, 0.2) is 0 Å². The summed E-state index contributed by atoms with van der Waals surface area (Å²) in [6.45, 7) is 2.67. The Kier molecular flexibility index (Phi) is 13.4. The van der Waals surface area contributed by atoms with E-state index < -0.39 is 15.4 Å². The van der Waals surface area contributed by atoms with Gasteiger partial charge in [0.2, 0.25) is 0 Å². The van der Waals surface area contributed by atoms with E-state index in [9.17, 15) is 0 Å². The molecule has 0 spiro atoms. The second-order valence-corrected chi connectivity index (χ2v) is 9.87. The molecule has 4 rings (SSSR count). The molecule has 33 heavy (non-hydrogen) atoms. The van der Waals surface area contributed by atoms with E-state index in [4.69, 9.17) is 28.7 Å². The Morgan fingerprint density at radius 1 is 0.727 bits per heavy atom. The van der Waals surface area contributed by atoms with Crippen molar-refractivity contribution >= 4 is 19.3 Å². The van der Waals surface area contributed by atoms with E-state index >= 15 is 0 Å². The zero-order valence-corrected chi connectivity index (χ0v) is 22.2. The molecule has 0 aromatic carbocycles. The molecule has 0 unspecified atom stereocenters. The number of rotatable bonds is 8. The average molecular weight is 670 g/mol. The fourth-order valence-electron chi connectivity index (χ4n) is 2.45. The van der Waals surface area contributed by atoms with E-state index in [1.54, 1.807) is 36.0 Å². The fraction of sp³-hybridized carbons (Fsp3) is 0.300. The number of ether oxygens (including phenoxy) is 2. The molecule has 4 heterocycles. The Bertz CT molecular complexity index is 939. The molecule has 0 aliphatic carbocycles. The van der Waals surface area contributed by atoms with E-state index in [0.29, 0.717) is 26.3 Å². The van der Waals surface area contributed by atoms with Crippen LogP contribution in [0.5, 0.6) is 0 Å². The Labute approximate surface area is 208 Å². The third-order valence-electron chi connectivity index (χ3n) is 3.98. The van der Waals surface area contributed by atoms with Crippen molar-refractivity contribution in [1.29, 1.82) is 0 Å². The Morgan fingerprint density at radius 3 is 1.48 bits per heavy atom. The molecule has 13 heteroatoms. The number of hydrogen-bond donors (Lipinski definition) is 0. The van der Waals surface area contributed by atoms with Crippen LogP contribution in [0.3, 0.4) is 0 Å². The summed E-state index contributed by atoms with van der Waals surface area (Å²) in [6.07, 6.45) is 7.20. The maximum absolute atomic E-state index is 4.96. The average Bonchev–Trinajstić information content (AvgIpc) is 3.54. The number of aromatic nitrogens is 8. The molecule has 0 N–H and O–H groups in total. The van der Waals surface area contributed by atoms with Gasteiger partial charge in [-0.05, 0) is 24.3 Å². The molecule has 4 aromatic rings. The van der Waals surface area contributed by atoms with Gasteiger partial charge in [-0.1, -0.05) is 22.6 Å². The first-order valence-corrected chi connectivity index (χ1v) is 16.0. The van der Waals surface area contributed by atoms with Gasteiger partial charge < -0.3 is 9.47 Å². The van der Waals surface area contributed by atoms with Gasteiger partial charge in [-0.3, -0.25) is 9.97 Å². The normalized spacial score (nSPS) is 10.2. The Morgan fingerprint density at radius 2 is 1.15 bits per heavy atom. The standard InChI is InChI=1S/2C10H12N4O.2ClH.Os/c2*1-15-7-6-14-8-10(12-13-14)9-4-2-3-5-11-9;;;/h2*2-5,8H,6-7H2,1H3;2*1H;/q;;;;+2/p-2. The van der Waals surface area contributed by atoms with Crippen molar-refractivity contribution in [3.05, 3.63) is 61.2 Å². The van der Waals surface area contributed by atoms with Crippen molar-refractivity contribution < 1.29 is 24.9 Å². The van der Waals surface area contributed by atoms with Gasteiger partial charge in [-0.2, -0.15) is 0 Å². The van der Waals surface area contributed by atoms with Crippen molar-refractivity contribution in [1.82, 2.24) is 40.0 Å². The molecule has 0 aliphatic heterocycles. The fourth-order valence-corrected chi connectivity index (χ4v) is 2.45. The van der Waals surface area contributed by atoms with Crippen LogP contribution in [0, 0.1) is 0 Å². The molecule has 0 amide bonds. The van der Waals surface area contributed by atoms with E-state index in [1.165, 1.54) is 0 Å². The topological polar surface area (TPSA) is 106 Å². The van der Waals surface area contributed by atoms with Gasteiger partial charge in [0, 0.05) is 26.6 Å². The first-order valence-electron chi connectivity index (χ1n) is 9.68. The summed E-state index contributed by atoms with van der Waals surface area (Å²) in [6, 6.07) is 11.4. The second kappa shape index (κ2) is 16.3. The molecule has 0 fully saturated rings. The van der Waals surface area contributed by atoms with Crippen LogP contribution in [-0.4, -0.2) is 67.4 Å². The molecule has 10 nitrogen and oxygen atoms in total. The predicted octanol–water partition coefficient (Wildman–Crippen LogP) is 3.35. The molecule has 0 radical (unpaired) electrons. The summed E-state index contributed by atoms with van der Waals surface area (Å²) >= 11 is -0.639. The molecule has 0 saturated carbocycles.